The Kier molecular flexibility index (Phi) is 5.07. The molecule has 0 fully saturated rings. The van der Waals surface area contributed by atoms with Gasteiger partial charge in [0.15, 0.2) is 11.6 Å². The maximum atomic E-state index is 6.34. The zero-order chi connectivity index (χ0) is 18.6. The first-order valence-electron chi connectivity index (χ1n) is 8.69. The first kappa shape index (κ1) is 17.7. The SMILES string of the molecule is CC(C)(C)Nc1ncnc(NC(c2ccccc2)c2ccccc2)c1N. The summed E-state index contributed by atoms with van der Waals surface area (Å²) >= 11 is 0. The highest BCUT2D eigenvalue weighted by molar-refractivity contribution is 5.75. The molecule has 1 aromatic heterocycles. The van der Waals surface area contributed by atoms with E-state index in [2.05, 4.69) is 65.6 Å². The van der Waals surface area contributed by atoms with E-state index < -0.39 is 0 Å². The van der Waals surface area contributed by atoms with E-state index >= 15 is 0 Å². The highest BCUT2D eigenvalue weighted by Gasteiger charge is 2.19. The number of hydrogen-bond acceptors (Lipinski definition) is 5. The molecule has 3 rings (SSSR count). The third-order valence-corrected chi connectivity index (χ3v) is 3.92. The van der Waals surface area contributed by atoms with Crippen LogP contribution in [-0.2, 0) is 0 Å². The molecule has 0 bridgehead atoms. The van der Waals surface area contributed by atoms with Gasteiger partial charge >= 0.3 is 0 Å². The number of anilines is 3. The van der Waals surface area contributed by atoms with Crippen molar-refractivity contribution in [1.29, 1.82) is 0 Å². The van der Waals surface area contributed by atoms with E-state index in [-0.39, 0.29) is 11.6 Å². The molecule has 0 unspecified atom stereocenters. The lowest BCUT2D eigenvalue weighted by atomic mass is 9.98. The van der Waals surface area contributed by atoms with Gasteiger partial charge in [0.25, 0.3) is 0 Å². The number of nitrogen functional groups attached to an aromatic ring is 1. The summed E-state index contributed by atoms with van der Waals surface area (Å²) in [6, 6.07) is 20.5. The zero-order valence-electron chi connectivity index (χ0n) is 15.4. The number of aromatic nitrogens is 2. The van der Waals surface area contributed by atoms with Crippen LogP contribution in [0.5, 0.6) is 0 Å². The molecule has 3 aromatic rings. The van der Waals surface area contributed by atoms with Gasteiger partial charge < -0.3 is 16.4 Å². The Labute approximate surface area is 154 Å². The number of nitrogens with two attached hydrogens (primary N) is 1. The lowest BCUT2D eigenvalue weighted by Gasteiger charge is -2.25. The van der Waals surface area contributed by atoms with Gasteiger partial charge in [0.1, 0.15) is 12.0 Å². The smallest absolute Gasteiger partial charge is 0.155 e. The van der Waals surface area contributed by atoms with Crippen molar-refractivity contribution in [2.24, 2.45) is 0 Å². The molecule has 4 N–H and O–H groups in total. The van der Waals surface area contributed by atoms with Crippen LogP contribution in [0.2, 0.25) is 0 Å². The summed E-state index contributed by atoms with van der Waals surface area (Å²) < 4.78 is 0. The Bertz CT molecular complexity index is 802. The summed E-state index contributed by atoms with van der Waals surface area (Å²) in [6.45, 7) is 6.20. The van der Waals surface area contributed by atoms with E-state index in [9.17, 15) is 0 Å². The normalized spacial score (nSPS) is 11.4. The van der Waals surface area contributed by atoms with Crippen LogP contribution >= 0.6 is 0 Å². The molecule has 5 nitrogen and oxygen atoms in total. The number of nitrogens with zero attached hydrogens (tertiary/aromatic N) is 2. The van der Waals surface area contributed by atoms with Crippen LogP contribution in [0.1, 0.15) is 37.9 Å². The zero-order valence-corrected chi connectivity index (χ0v) is 15.4. The molecule has 0 spiro atoms. The van der Waals surface area contributed by atoms with E-state index in [1.807, 2.05) is 36.4 Å². The van der Waals surface area contributed by atoms with Gasteiger partial charge in [-0.3, -0.25) is 0 Å². The second kappa shape index (κ2) is 7.44. The molecule has 0 atom stereocenters. The van der Waals surface area contributed by atoms with Crippen molar-refractivity contribution in [1.82, 2.24) is 9.97 Å². The molecule has 26 heavy (non-hydrogen) atoms. The minimum Gasteiger partial charge on any atom is -0.393 e. The van der Waals surface area contributed by atoms with E-state index in [4.69, 9.17) is 5.73 Å². The van der Waals surface area contributed by atoms with Crippen LogP contribution in [0.4, 0.5) is 17.3 Å². The van der Waals surface area contributed by atoms with Crippen molar-refractivity contribution in [3.8, 4) is 0 Å². The van der Waals surface area contributed by atoms with Gasteiger partial charge in [-0.2, -0.15) is 0 Å². The van der Waals surface area contributed by atoms with Gasteiger partial charge in [0.05, 0.1) is 6.04 Å². The highest BCUT2D eigenvalue weighted by Crippen LogP contribution is 2.31. The maximum Gasteiger partial charge on any atom is 0.155 e. The fraction of sp³-hybridized carbons (Fsp3) is 0.238. The molecule has 5 heteroatoms. The van der Waals surface area contributed by atoms with Crippen LogP contribution in [0.3, 0.4) is 0 Å². The van der Waals surface area contributed by atoms with E-state index in [0.29, 0.717) is 17.3 Å². The molecule has 2 aromatic carbocycles. The molecule has 1 heterocycles. The average molecular weight is 347 g/mol. The van der Waals surface area contributed by atoms with Crippen LogP contribution in [0.25, 0.3) is 0 Å². The van der Waals surface area contributed by atoms with Crippen molar-refractivity contribution in [2.75, 3.05) is 16.4 Å². The first-order chi connectivity index (χ1) is 12.4. The molecule has 0 saturated heterocycles. The molecule has 0 radical (unpaired) electrons. The van der Waals surface area contributed by atoms with Crippen LogP contribution in [0, 0.1) is 0 Å². The predicted molar refractivity (Wildman–Crippen MR) is 108 cm³/mol. The summed E-state index contributed by atoms with van der Waals surface area (Å²) in [6.07, 6.45) is 1.53. The van der Waals surface area contributed by atoms with Crippen molar-refractivity contribution in [3.63, 3.8) is 0 Å². The number of nitrogens with one attached hydrogen (secondary N) is 2. The Balaban J connectivity index is 1.97. The van der Waals surface area contributed by atoms with E-state index in [0.717, 1.165) is 11.1 Å². The summed E-state index contributed by atoms with van der Waals surface area (Å²) in [5.74, 6) is 1.25. The molecule has 0 saturated carbocycles. The maximum absolute atomic E-state index is 6.34. The van der Waals surface area contributed by atoms with Crippen molar-refractivity contribution in [2.45, 2.75) is 32.4 Å². The quantitative estimate of drug-likeness (QED) is 0.635. The van der Waals surface area contributed by atoms with Gasteiger partial charge in [-0.15, -0.1) is 0 Å². The lowest BCUT2D eigenvalue weighted by Crippen LogP contribution is -2.27. The Morgan fingerprint density at radius 2 is 1.31 bits per heavy atom. The van der Waals surface area contributed by atoms with Gasteiger partial charge in [0, 0.05) is 5.54 Å². The molecular formula is C21H25N5. The van der Waals surface area contributed by atoms with Gasteiger partial charge in [-0.25, -0.2) is 9.97 Å². The summed E-state index contributed by atoms with van der Waals surface area (Å²) in [4.78, 5) is 8.66. The summed E-state index contributed by atoms with van der Waals surface area (Å²) in [5, 5.41) is 6.82. The Hall–Kier alpha value is -3.08. The molecule has 0 aliphatic rings. The standard InChI is InChI=1S/C21H25N5/c1-21(2,3)26-20-17(22)19(23-14-24-20)25-18(15-10-6-4-7-11-15)16-12-8-5-9-13-16/h4-14,18H,22H2,1-3H3,(H2,23,24,25,26). The molecular weight excluding hydrogens is 322 g/mol. The van der Waals surface area contributed by atoms with Crippen molar-refractivity contribution < 1.29 is 0 Å². The molecule has 0 aliphatic carbocycles. The van der Waals surface area contributed by atoms with Crippen molar-refractivity contribution in [3.05, 3.63) is 78.1 Å². The second-order valence-electron chi connectivity index (χ2n) is 7.26. The van der Waals surface area contributed by atoms with Crippen LogP contribution in [0.15, 0.2) is 67.0 Å². The summed E-state index contributed by atoms with van der Waals surface area (Å²) in [7, 11) is 0. The number of hydrogen-bond donors (Lipinski definition) is 3. The largest absolute Gasteiger partial charge is 0.393 e. The second-order valence-corrected chi connectivity index (χ2v) is 7.26. The third-order valence-electron chi connectivity index (χ3n) is 3.92. The fourth-order valence-electron chi connectivity index (χ4n) is 2.75. The predicted octanol–water partition coefficient (Wildman–Crippen LogP) is 4.47. The minimum absolute atomic E-state index is 0.0583. The molecule has 0 aliphatic heterocycles. The van der Waals surface area contributed by atoms with Crippen LogP contribution in [-0.4, -0.2) is 15.5 Å². The molecule has 134 valence electrons. The van der Waals surface area contributed by atoms with Crippen LogP contribution < -0.4 is 16.4 Å². The highest BCUT2D eigenvalue weighted by atomic mass is 15.1. The van der Waals surface area contributed by atoms with Gasteiger partial charge in [0.2, 0.25) is 0 Å². The monoisotopic (exact) mass is 347 g/mol. The topological polar surface area (TPSA) is 75.9 Å². The van der Waals surface area contributed by atoms with Crippen molar-refractivity contribution >= 4 is 17.3 Å². The fourth-order valence-corrected chi connectivity index (χ4v) is 2.75. The third kappa shape index (κ3) is 4.30. The Morgan fingerprint density at radius 1 is 0.808 bits per heavy atom. The molecule has 0 amide bonds. The number of rotatable bonds is 5. The van der Waals surface area contributed by atoms with Gasteiger partial charge in [-0.05, 0) is 31.9 Å². The summed E-state index contributed by atoms with van der Waals surface area (Å²) in [5.41, 5.74) is 9.00. The van der Waals surface area contributed by atoms with E-state index in [1.165, 1.54) is 6.33 Å². The Morgan fingerprint density at radius 3 is 1.81 bits per heavy atom. The van der Waals surface area contributed by atoms with Gasteiger partial charge in [-0.1, -0.05) is 60.7 Å². The average Bonchev–Trinajstić information content (AvgIpc) is 2.63. The minimum atomic E-state index is -0.141. The van der Waals surface area contributed by atoms with E-state index in [1.54, 1.807) is 0 Å². The number of benzene rings is 2. The lowest BCUT2D eigenvalue weighted by molar-refractivity contribution is 0.630. The first-order valence-corrected chi connectivity index (χ1v) is 8.69.